The molecule has 6 heteroatoms. The molecule has 0 aliphatic heterocycles. The quantitative estimate of drug-likeness (QED) is 0.718. The SMILES string of the molecule is COC(=O)C(C)(C)CNC(=O)[C@@H](N)C(C)C.Cl. The van der Waals surface area contributed by atoms with Crippen molar-refractivity contribution in [2.24, 2.45) is 17.1 Å². The number of halogens is 1. The summed E-state index contributed by atoms with van der Waals surface area (Å²) < 4.78 is 4.63. The fourth-order valence-electron chi connectivity index (χ4n) is 1.08. The maximum Gasteiger partial charge on any atom is 0.313 e. The Morgan fingerprint density at radius 3 is 2.18 bits per heavy atom. The molecule has 0 aromatic heterocycles. The lowest BCUT2D eigenvalue weighted by Crippen LogP contribution is -2.48. The maximum atomic E-state index is 11.6. The van der Waals surface area contributed by atoms with E-state index in [1.807, 2.05) is 13.8 Å². The van der Waals surface area contributed by atoms with E-state index in [4.69, 9.17) is 5.73 Å². The molecule has 5 nitrogen and oxygen atoms in total. The third-order valence-corrected chi connectivity index (χ3v) is 2.46. The van der Waals surface area contributed by atoms with Gasteiger partial charge in [-0.1, -0.05) is 13.8 Å². The normalized spacial score (nSPS) is 12.6. The predicted molar refractivity (Wildman–Crippen MR) is 68.9 cm³/mol. The van der Waals surface area contributed by atoms with Crippen LogP contribution < -0.4 is 11.1 Å². The van der Waals surface area contributed by atoms with E-state index in [-0.39, 0.29) is 36.7 Å². The Balaban J connectivity index is 0. The first-order valence-corrected chi connectivity index (χ1v) is 5.34. The number of methoxy groups -OCH3 is 1. The highest BCUT2D eigenvalue weighted by Gasteiger charge is 2.30. The second-order valence-electron chi connectivity index (χ2n) is 4.86. The van der Waals surface area contributed by atoms with Crippen LogP contribution in [0.4, 0.5) is 0 Å². The summed E-state index contributed by atoms with van der Waals surface area (Å²) in [5, 5.41) is 2.65. The summed E-state index contributed by atoms with van der Waals surface area (Å²) in [4.78, 5) is 22.9. The fraction of sp³-hybridized carbons (Fsp3) is 0.818. The van der Waals surface area contributed by atoms with E-state index in [1.165, 1.54) is 7.11 Å². The Morgan fingerprint density at radius 2 is 1.82 bits per heavy atom. The number of ether oxygens (including phenoxy) is 1. The lowest BCUT2D eigenvalue weighted by atomic mass is 9.93. The minimum atomic E-state index is -0.735. The van der Waals surface area contributed by atoms with Gasteiger partial charge in [0.15, 0.2) is 0 Å². The molecule has 0 unspecified atom stereocenters. The molecule has 0 aliphatic rings. The molecule has 0 aliphatic carbocycles. The van der Waals surface area contributed by atoms with Crippen LogP contribution in [0.2, 0.25) is 0 Å². The van der Waals surface area contributed by atoms with E-state index in [1.54, 1.807) is 13.8 Å². The summed E-state index contributed by atoms with van der Waals surface area (Å²) in [5.41, 5.74) is 4.93. The van der Waals surface area contributed by atoms with Gasteiger partial charge in [0.1, 0.15) is 0 Å². The third kappa shape index (κ3) is 5.89. The number of amides is 1. The first kappa shape index (κ1) is 18.6. The van der Waals surface area contributed by atoms with Crippen LogP contribution in [0.3, 0.4) is 0 Å². The van der Waals surface area contributed by atoms with Gasteiger partial charge in [0.25, 0.3) is 0 Å². The van der Waals surface area contributed by atoms with Crippen LogP contribution in [0.5, 0.6) is 0 Å². The zero-order valence-electron chi connectivity index (χ0n) is 11.1. The standard InChI is InChI=1S/C11H22N2O3.ClH/c1-7(2)8(12)9(14)13-6-11(3,4)10(15)16-5;/h7-8H,6,12H2,1-5H3,(H,13,14);1H/t8-;/m0./s1. The van der Waals surface area contributed by atoms with Gasteiger partial charge >= 0.3 is 5.97 Å². The summed E-state index contributed by atoms with van der Waals surface area (Å²) in [6.45, 7) is 7.38. The number of esters is 1. The largest absolute Gasteiger partial charge is 0.469 e. The average molecular weight is 267 g/mol. The molecular formula is C11H23ClN2O3. The van der Waals surface area contributed by atoms with Crippen molar-refractivity contribution in [3.8, 4) is 0 Å². The van der Waals surface area contributed by atoms with E-state index < -0.39 is 11.5 Å². The van der Waals surface area contributed by atoms with Crippen molar-refractivity contribution >= 4 is 24.3 Å². The number of carbonyl (C=O) groups is 2. The number of hydrogen-bond acceptors (Lipinski definition) is 4. The monoisotopic (exact) mass is 266 g/mol. The van der Waals surface area contributed by atoms with E-state index >= 15 is 0 Å². The summed E-state index contributed by atoms with van der Waals surface area (Å²) in [5.74, 6) is -0.529. The smallest absolute Gasteiger partial charge is 0.313 e. The van der Waals surface area contributed by atoms with Gasteiger partial charge in [0.2, 0.25) is 5.91 Å². The number of nitrogens with two attached hydrogens (primary N) is 1. The van der Waals surface area contributed by atoms with Gasteiger partial charge in [0.05, 0.1) is 18.6 Å². The molecule has 17 heavy (non-hydrogen) atoms. The Hall–Kier alpha value is -0.810. The van der Waals surface area contributed by atoms with Crippen LogP contribution in [0, 0.1) is 11.3 Å². The maximum absolute atomic E-state index is 11.6. The van der Waals surface area contributed by atoms with Gasteiger partial charge in [0, 0.05) is 6.54 Å². The zero-order valence-corrected chi connectivity index (χ0v) is 11.9. The van der Waals surface area contributed by atoms with Gasteiger partial charge in [-0.15, -0.1) is 12.4 Å². The average Bonchev–Trinajstić information content (AvgIpc) is 2.23. The Morgan fingerprint density at radius 1 is 1.35 bits per heavy atom. The van der Waals surface area contributed by atoms with Gasteiger partial charge in [-0.25, -0.2) is 0 Å². The Bertz CT molecular complexity index is 267. The van der Waals surface area contributed by atoms with Gasteiger partial charge in [-0.3, -0.25) is 9.59 Å². The molecule has 0 saturated heterocycles. The molecule has 0 bridgehead atoms. The van der Waals surface area contributed by atoms with Crippen LogP contribution in [0.15, 0.2) is 0 Å². The number of rotatable bonds is 5. The van der Waals surface area contributed by atoms with E-state index in [2.05, 4.69) is 10.1 Å². The summed E-state index contributed by atoms with van der Waals surface area (Å²) in [7, 11) is 1.33. The summed E-state index contributed by atoms with van der Waals surface area (Å²) >= 11 is 0. The van der Waals surface area contributed by atoms with Crippen LogP contribution in [0.25, 0.3) is 0 Å². The zero-order chi connectivity index (χ0) is 12.9. The van der Waals surface area contributed by atoms with Crippen LogP contribution in [0.1, 0.15) is 27.7 Å². The Labute approximate surface area is 109 Å². The molecule has 0 aromatic carbocycles. The highest BCUT2D eigenvalue weighted by molar-refractivity contribution is 5.85. The minimum absolute atomic E-state index is 0. The molecular weight excluding hydrogens is 244 g/mol. The van der Waals surface area contributed by atoms with E-state index in [0.717, 1.165) is 0 Å². The van der Waals surface area contributed by atoms with Crippen molar-refractivity contribution in [2.45, 2.75) is 33.7 Å². The van der Waals surface area contributed by atoms with E-state index in [0.29, 0.717) is 0 Å². The minimum Gasteiger partial charge on any atom is -0.469 e. The molecule has 0 saturated carbocycles. The number of nitrogens with one attached hydrogen (secondary N) is 1. The van der Waals surface area contributed by atoms with Crippen molar-refractivity contribution < 1.29 is 14.3 Å². The predicted octanol–water partition coefficient (Wildman–Crippen LogP) is 0.707. The first-order valence-electron chi connectivity index (χ1n) is 5.34. The van der Waals surface area contributed by atoms with Crippen molar-refractivity contribution in [3.05, 3.63) is 0 Å². The van der Waals surface area contributed by atoms with Crippen LogP contribution >= 0.6 is 12.4 Å². The summed E-state index contributed by atoms with van der Waals surface area (Å²) in [6.07, 6.45) is 0. The molecule has 3 N–H and O–H groups in total. The molecule has 0 fully saturated rings. The molecule has 0 rings (SSSR count). The second-order valence-corrected chi connectivity index (χ2v) is 4.86. The molecule has 0 spiro atoms. The van der Waals surface area contributed by atoms with Crippen molar-refractivity contribution in [2.75, 3.05) is 13.7 Å². The molecule has 102 valence electrons. The van der Waals surface area contributed by atoms with Gasteiger partial charge in [-0.2, -0.15) is 0 Å². The highest BCUT2D eigenvalue weighted by Crippen LogP contribution is 2.15. The van der Waals surface area contributed by atoms with Crippen LogP contribution in [-0.2, 0) is 14.3 Å². The van der Waals surface area contributed by atoms with Crippen LogP contribution in [-0.4, -0.2) is 31.6 Å². The van der Waals surface area contributed by atoms with Crippen molar-refractivity contribution in [3.63, 3.8) is 0 Å². The highest BCUT2D eigenvalue weighted by atomic mass is 35.5. The second kappa shape index (κ2) is 7.50. The van der Waals surface area contributed by atoms with Gasteiger partial charge in [-0.05, 0) is 19.8 Å². The molecule has 1 amide bonds. The molecule has 0 aromatic rings. The Kier molecular flexibility index (Phi) is 8.19. The first-order chi connectivity index (χ1) is 7.22. The molecule has 1 atom stereocenters. The fourth-order valence-corrected chi connectivity index (χ4v) is 1.08. The summed E-state index contributed by atoms with van der Waals surface area (Å²) in [6, 6.07) is -0.548. The lowest BCUT2D eigenvalue weighted by Gasteiger charge is -2.23. The number of carbonyl (C=O) groups excluding carboxylic acids is 2. The van der Waals surface area contributed by atoms with Gasteiger partial charge < -0.3 is 15.8 Å². The lowest BCUT2D eigenvalue weighted by molar-refractivity contribution is -0.150. The van der Waals surface area contributed by atoms with Crippen molar-refractivity contribution in [1.29, 1.82) is 0 Å². The number of hydrogen-bond donors (Lipinski definition) is 2. The molecule has 0 radical (unpaired) electrons. The molecule has 0 heterocycles. The van der Waals surface area contributed by atoms with Crippen molar-refractivity contribution in [1.82, 2.24) is 5.32 Å². The topological polar surface area (TPSA) is 81.4 Å². The van der Waals surface area contributed by atoms with E-state index in [9.17, 15) is 9.59 Å². The third-order valence-electron chi connectivity index (χ3n) is 2.46.